The van der Waals surface area contributed by atoms with Gasteiger partial charge in [-0.05, 0) is 55.5 Å². The van der Waals surface area contributed by atoms with Crippen LogP contribution in [0.2, 0.25) is 0 Å². The van der Waals surface area contributed by atoms with Crippen LogP contribution in [0.5, 0.6) is 5.75 Å². The van der Waals surface area contributed by atoms with E-state index in [0.717, 1.165) is 24.2 Å². The molecule has 0 aromatic heterocycles. The number of amides is 1. The Labute approximate surface area is 142 Å². The topological polar surface area (TPSA) is 58.6 Å². The molecule has 0 saturated heterocycles. The largest absolute Gasteiger partial charge is 0.494 e. The lowest BCUT2D eigenvalue weighted by Crippen LogP contribution is -2.42. The van der Waals surface area contributed by atoms with E-state index in [0.29, 0.717) is 12.2 Å². The molecule has 2 aromatic rings. The standard InChI is InChI=1S/C20H23NO3/c1-2-24-18-12-8-15(9-13-18)19(22)21-14-20(23,17-10-11-17)16-6-4-3-5-7-16/h3-9,12-13,17,23H,2,10-11,14H2,1H3,(H,21,22). The van der Waals surface area contributed by atoms with Crippen LogP contribution in [0, 0.1) is 5.92 Å². The second-order valence-corrected chi connectivity index (χ2v) is 6.20. The molecule has 0 radical (unpaired) electrons. The van der Waals surface area contributed by atoms with E-state index in [1.54, 1.807) is 24.3 Å². The molecule has 2 N–H and O–H groups in total. The van der Waals surface area contributed by atoms with Crippen LogP contribution in [-0.4, -0.2) is 24.2 Å². The highest BCUT2D eigenvalue weighted by Gasteiger charge is 2.45. The summed E-state index contributed by atoms with van der Waals surface area (Å²) in [7, 11) is 0. The maximum atomic E-state index is 12.4. The summed E-state index contributed by atoms with van der Waals surface area (Å²) in [6.45, 7) is 2.73. The lowest BCUT2D eigenvalue weighted by molar-refractivity contribution is 0.0135. The smallest absolute Gasteiger partial charge is 0.251 e. The van der Waals surface area contributed by atoms with Gasteiger partial charge in [0.1, 0.15) is 11.4 Å². The van der Waals surface area contributed by atoms with Gasteiger partial charge in [-0.2, -0.15) is 0 Å². The van der Waals surface area contributed by atoms with Crippen LogP contribution in [0.3, 0.4) is 0 Å². The third-order valence-corrected chi connectivity index (χ3v) is 4.47. The van der Waals surface area contributed by atoms with E-state index in [-0.39, 0.29) is 18.4 Å². The summed E-state index contributed by atoms with van der Waals surface area (Å²) in [4.78, 5) is 12.4. The number of ether oxygens (including phenoxy) is 1. The van der Waals surface area contributed by atoms with Gasteiger partial charge in [-0.25, -0.2) is 0 Å². The molecule has 1 amide bonds. The number of carbonyl (C=O) groups excluding carboxylic acids is 1. The van der Waals surface area contributed by atoms with E-state index >= 15 is 0 Å². The molecule has 1 fully saturated rings. The number of hydrogen-bond acceptors (Lipinski definition) is 3. The Bertz CT molecular complexity index is 680. The van der Waals surface area contributed by atoms with Crippen molar-refractivity contribution in [3.8, 4) is 5.75 Å². The monoisotopic (exact) mass is 325 g/mol. The molecule has 1 atom stereocenters. The normalized spacial score (nSPS) is 16.2. The number of carbonyl (C=O) groups is 1. The highest BCUT2D eigenvalue weighted by atomic mass is 16.5. The van der Waals surface area contributed by atoms with Crippen LogP contribution in [0.4, 0.5) is 0 Å². The Morgan fingerprint density at radius 2 is 1.83 bits per heavy atom. The molecule has 1 unspecified atom stereocenters. The van der Waals surface area contributed by atoms with Crippen LogP contribution in [0.1, 0.15) is 35.7 Å². The molecule has 0 heterocycles. The van der Waals surface area contributed by atoms with Crippen molar-refractivity contribution in [3.05, 3.63) is 65.7 Å². The van der Waals surface area contributed by atoms with Gasteiger partial charge >= 0.3 is 0 Å². The van der Waals surface area contributed by atoms with Crippen LogP contribution < -0.4 is 10.1 Å². The number of rotatable bonds is 7. The predicted molar refractivity (Wildman–Crippen MR) is 93.0 cm³/mol. The Morgan fingerprint density at radius 3 is 2.42 bits per heavy atom. The minimum atomic E-state index is -0.998. The minimum absolute atomic E-state index is 0.187. The fourth-order valence-corrected chi connectivity index (χ4v) is 2.96. The van der Waals surface area contributed by atoms with Gasteiger partial charge in [-0.15, -0.1) is 0 Å². The van der Waals surface area contributed by atoms with Gasteiger partial charge in [0.25, 0.3) is 5.91 Å². The first-order chi connectivity index (χ1) is 11.6. The fraction of sp³-hybridized carbons (Fsp3) is 0.350. The molecule has 4 nitrogen and oxygen atoms in total. The summed E-state index contributed by atoms with van der Waals surface area (Å²) in [6, 6.07) is 16.6. The van der Waals surface area contributed by atoms with E-state index in [1.165, 1.54) is 0 Å². The number of hydrogen-bond donors (Lipinski definition) is 2. The van der Waals surface area contributed by atoms with E-state index in [4.69, 9.17) is 4.74 Å². The summed E-state index contributed by atoms with van der Waals surface area (Å²) >= 11 is 0. The molecule has 24 heavy (non-hydrogen) atoms. The van der Waals surface area contributed by atoms with E-state index in [2.05, 4.69) is 5.32 Å². The number of nitrogens with one attached hydrogen (secondary N) is 1. The Morgan fingerprint density at radius 1 is 1.17 bits per heavy atom. The SMILES string of the molecule is CCOc1ccc(C(=O)NCC(O)(c2ccccc2)C2CC2)cc1. The lowest BCUT2D eigenvalue weighted by Gasteiger charge is -2.29. The van der Waals surface area contributed by atoms with Crippen LogP contribution in [0.15, 0.2) is 54.6 Å². The van der Waals surface area contributed by atoms with Gasteiger partial charge in [0.15, 0.2) is 0 Å². The summed E-state index contributed by atoms with van der Waals surface area (Å²) in [6.07, 6.45) is 1.98. The molecule has 1 aliphatic carbocycles. The first kappa shape index (κ1) is 16.5. The summed E-state index contributed by atoms with van der Waals surface area (Å²) < 4.78 is 5.38. The zero-order chi connectivity index (χ0) is 17.0. The summed E-state index contributed by atoms with van der Waals surface area (Å²) in [5, 5.41) is 14.0. The fourth-order valence-electron chi connectivity index (χ4n) is 2.96. The van der Waals surface area contributed by atoms with Crippen molar-refractivity contribution < 1.29 is 14.6 Å². The first-order valence-corrected chi connectivity index (χ1v) is 8.42. The average molecular weight is 325 g/mol. The molecule has 126 valence electrons. The third-order valence-electron chi connectivity index (χ3n) is 4.47. The van der Waals surface area contributed by atoms with Gasteiger partial charge in [-0.3, -0.25) is 4.79 Å². The van der Waals surface area contributed by atoms with Gasteiger partial charge in [0.05, 0.1) is 13.2 Å². The molecule has 3 rings (SSSR count). The van der Waals surface area contributed by atoms with Crippen molar-refractivity contribution in [3.63, 3.8) is 0 Å². The van der Waals surface area contributed by atoms with Crippen molar-refractivity contribution >= 4 is 5.91 Å². The van der Waals surface area contributed by atoms with Gasteiger partial charge < -0.3 is 15.2 Å². The maximum absolute atomic E-state index is 12.4. The van der Waals surface area contributed by atoms with Crippen molar-refractivity contribution in [1.82, 2.24) is 5.32 Å². The quantitative estimate of drug-likeness (QED) is 0.822. The summed E-state index contributed by atoms with van der Waals surface area (Å²) in [5.41, 5.74) is 0.423. The molecule has 0 spiro atoms. The van der Waals surface area contributed by atoms with Crippen LogP contribution >= 0.6 is 0 Å². The minimum Gasteiger partial charge on any atom is -0.494 e. The molecule has 0 aliphatic heterocycles. The van der Waals surface area contributed by atoms with Crippen molar-refractivity contribution in [2.24, 2.45) is 5.92 Å². The second kappa shape index (κ2) is 7.05. The Balaban J connectivity index is 1.67. The second-order valence-electron chi connectivity index (χ2n) is 6.20. The highest BCUT2D eigenvalue weighted by molar-refractivity contribution is 5.94. The molecule has 2 aromatic carbocycles. The molecule has 1 saturated carbocycles. The Hall–Kier alpha value is -2.33. The maximum Gasteiger partial charge on any atom is 0.251 e. The average Bonchev–Trinajstić information content (AvgIpc) is 3.47. The van der Waals surface area contributed by atoms with E-state index in [1.807, 2.05) is 37.3 Å². The molecular formula is C20H23NO3. The van der Waals surface area contributed by atoms with Crippen LogP contribution in [-0.2, 0) is 5.60 Å². The van der Waals surface area contributed by atoms with Gasteiger partial charge in [0.2, 0.25) is 0 Å². The predicted octanol–water partition coefficient (Wildman–Crippen LogP) is 3.11. The molecule has 1 aliphatic rings. The summed E-state index contributed by atoms with van der Waals surface area (Å²) in [5.74, 6) is 0.765. The van der Waals surface area contributed by atoms with Crippen molar-refractivity contribution in [2.75, 3.05) is 13.2 Å². The molecular weight excluding hydrogens is 302 g/mol. The van der Waals surface area contributed by atoms with Gasteiger partial charge in [-0.1, -0.05) is 30.3 Å². The number of aliphatic hydroxyl groups is 1. The third kappa shape index (κ3) is 3.60. The highest BCUT2D eigenvalue weighted by Crippen LogP contribution is 2.45. The van der Waals surface area contributed by atoms with Crippen molar-refractivity contribution in [2.45, 2.75) is 25.4 Å². The zero-order valence-corrected chi connectivity index (χ0v) is 13.9. The molecule has 0 bridgehead atoms. The zero-order valence-electron chi connectivity index (χ0n) is 13.9. The first-order valence-electron chi connectivity index (χ1n) is 8.42. The number of benzene rings is 2. The van der Waals surface area contributed by atoms with Crippen molar-refractivity contribution in [1.29, 1.82) is 0 Å². The van der Waals surface area contributed by atoms with E-state index in [9.17, 15) is 9.90 Å². The lowest BCUT2D eigenvalue weighted by atomic mass is 9.88. The Kier molecular flexibility index (Phi) is 4.86. The molecule has 4 heteroatoms. The van der Waals surface area contributed by atoms with E-state index < -0.39 is 5.60 Å². The van der Waals surface area contributed by atoms with Crippen LogP contribution in [0.25, 0.3) is 0 Å². The van der Waals surface area contributed by atoms with Gasteiger partial charge in [0, 0.05) is 5.56 Å².